The van der Waals surface area contributed by atoms with Crippen LogP contribution in [0.25, 0.3) is 0 Å². The van der Waals surface area contributed by atoms with Crippen LogP contribution in [0.5, 0.6) is 0 Å². The number of nitrogens with zero attached hydrogens (tertiary/aromatic N) is 2. The van der Waals surface area contributed by atoms with Crippen LogP contribution in [0.15, 0.2) is 16.6 Å². The number of likely N-dealkylation sites (N-methyl/N-ethyl adjacent to an activating group) is 1. The first kappa shape index (κ1) is 16.6. The van der Waals surface area contributed by atoms with Gasteiger partial charge in [-0.05, 0) is 47.6 Å². The molecule has 1 aromatic rings. The Labute approximate surface area is 139 Å². The molecular weight excluding hydrogens is 353 g/mol. The van der Waals surface area contributed by atoms with Crippen molar-refractivity contribution in [3.63, 3.8) is 0 Å². The molecule has 1 saturated heterocycles. The number of anilines is 1. The summed E-state index contributed by atoms with van der Waals surface area (Å²) in [5, 5.41) is 0. The number of halogens is 2. The predicted octanol–water partition coefficient (Wildman–Crippen LogP) is 3.14. The maximum Gasteiger partial charge on any atom is 0.161 e. The summed E-state index contributed by atoms with van der Waals surface area (Å²) in [5.41, 5.74) is 6.77. The Morgan fingerprint density at radius 2 is 2.14 bits per heavy atom. The van der Waals surface area contributed by atoms with E-state index in [0.29, 0.717) is 21.8 Å². The summed E-state index contributed by atoms with van der Waals surface area (Å²) >= 11 is 8.20. The summed E-state index contributed by atoms with van der Waals surface area (Å²) < 4.78 is 14.9. The van der Waals surface area contributed by atoms with Gasteiger partial charge in [0.25, 0.3) is 0 Å². The van der Waals surface area contributed by atoms with Gasteiger partial charge in [-0.2, -0.15) is 0 Å². The number of rotatable bonds is 5. The Morgan fingerprint density at radius 3 is 2.71 bits per heavy atom. The number of hydrogen-bond donors (Lipinski definition) is 1. The normalized spacial score (nSPS) is 18.5. The van der Waals surface area contributed by atoms with Crippen LogP contribution in [0.4, 0.5) is 10.1 Å². The fourth-order valence-electron chi connectivity index (χ4n) is 2.97. The Balaban J connectivity index is 2.21. The average Bonchev–Trinajstić information content (AvgIpc) is 2.92. The summed E-state index contributed by atoms with van der Waals surface area (Å²) in [6, 6.07) is 4.06. The topological polar surface area (TPSA) is 32.5 Å². The van der Waals surface area contributed by atoms with Gasteiger partial charge in [0.15, 0.2) is 5.82 Å². The lowest BCUT2D eigenvalue weighted by molar-refractivity contribution is 0.232. The van der Waals surface area contributed by atoms with E-state index in [2.05, 4.69) is 39.6 Å². The van der Waals surface area contributed by atoms with Gasteiger partial charge in [-0.1, -0.05) is 26.1 Å². The van der Waals surface area contributed by atoms with E-state index in [9.17, 15) is 4.39 Å². The van der Waals surface area contributed by atoms with Crippen molar-refractivity contribution in [1.29, 1.82) is 0 Å². The Morgan fingerprint density at radius 1 is 1.48 bits per heavy atom. The molecule has 1 atom stereocenters. The first-order valence-electron chi connectivity index (χ1n) is 7.26. The van der Waals surface area contributed by atoms with Gasteiger partial charge in [-0.3, -0.25) is 4.90 Å². The summed E-state index contributed by atoms with van der Waals surface area (Å²) in [6.45, 7) is 8.12. The molecule has 0 saturated carbocycles. The van der Waals surface area contributed by atoms with E-state index < -0.39 is 0 Å². The molecule has 2 rings (SSSR count). The third-order valence-corrected chi connectivity index (χ3v) is 5.16. The quantitative estimate of drug-likeness (QED) is 0.803. The van der Waals surface area contributed by atoms with E-state index >= 15 is 0 Å². The Hall–Kier alpha value is -0.720. The highest BCUT2D eigenvalue weighted by atomic mass is 79.9. The van der Waals surface area contributed by atoms with Crippen LogP contribution in [0.2, 0.25) is 0 Å². The summed E-state index contributed by atoms with van der Waals surface area (Å²) in [4.78, 5) is 4.73. The van der Waals surface area contributed by atoms with Crippen molar-refractivity contribution in [2.45, 2.75) is 26.3 Å². The lowest BCUT2D eigenvalue weighted by atomic mass is 10.2. The van der Waals surface area contributed by atoms with E-state index in [-0.39, 0.29) is 10.8 Å². The predicted molar refractivity (Wildman–Crippen MR) is 93.5 cm³/mol. The van der Waals surface area contributed by atoms with Crippen LogP contribution in [-0.4, -0.2) is 42.1 Å². The van der Waals surface area contributed by atoms with Gasteiger partial charge in [-0.15, -0.1) is 0 Å². The molecule has 1 aliphatic rings. The minimum Gasteiger partial charge on any atom is -0.389 e. The lowest BCUT2D eigenvalue weighted by Crippen LogP contribution is -2.37. The van der Waals surface area contributed by atoms with Crippen LogP contribution >= 0.6 is 28.1 Å². The smallest absolute Gasteiger partial charge is 0.161 e. The van der Waals surface area contributed by atoms with Gasteiger partial charge in [0.2, 0.25) is 0 Å². The highest BCUT2D eigenvalue weighted by Gasteiger charge is 2.28. The van der Waals surface area contributed by atoms with Crippen molar-refractivity contribution in [2.24, 2.45) is 5.73 Å². The fourth-order valence-corrected chi connectivity index (χ4v) is 3.82. The van der Waals surface area contributed by atoms with Gasteiger partial charge in [-0.25, -0.2) is 4.39 Å². The fraction of sp³-hybridized carbons (Fsp3) is 0.533. The molecule has 6 heteroatoms. The molecule has 0 amide bonds. The van der Waals surface area contributed by atoms with E-state index in [1.165, 1.54) is 0 Å². The average molecular weight is 374 g/mol. The van der Waals surface area contributed by atoms with Crippen LogP contribution in [-0.2, 0) is 0 Å². The second-order valence-electron chi connectivity index (χ2n) is 5.23. The van der Waals surface area contributed by atoms with Crippen LogP contribution in [0, 0.1) is 5.82 Å². The molecule has 3 nitrogen and oxygen atoms in total. The molecule has 21 heavy (non-hydrogen) atoms. The van der Waals surface area contributed by atoms with E-state index in [1.54, 1.807) is 12.1 Å². The Bertz CT molecular complexity index is 534. The van der Waals surface area contributed by atoms with Gasteiger partial charge < -0.3 is 10.6 Å². The summed E-state index contributed by atoms with van der Waals surface area (Å²) in [5.74, 6) is -0.277. The largest absolute Gasteiger partial charge is 0.389 e. The second-order valence-corrected chi connectivity index (χ2v) is 6.47. The summed E-state index contributed by atoms with van der Waals surface area (Å²) in [6.07, 6.45) is 1.07. The van der Waals surface area contributed by atoms with E-state index in [4.69, 9.17) is 18.0 Å². The van der Waals surface area contributed by atoms with Gasteiger partial charge in [0.1, 0.15) is 4.99 Å². The highest BCUT2D eigenvalue weighted by molar-refractivity contribution is 9.10. The number of hydrogen-bond acceptors (Lipinski definition) is 3. The van der Waals surface area contributed by atoms with Crippen molar-refractivity contribution >= 4 is 38.8 Å². The molecule has 1 aromatic carbocycles. The van der Waals surface area contributed by atoms with E-state index in [0.717, 1.165) is 32.6 Å². The zero-order valence-corrected chi connectivity index (χ0v) is 14.8. The number of benzene rings is 1. The summed E-state index contributed by atoms with van der Waals surface area (Å²) in [7, 11) is 0. The van der Waals surface area contributed by atoms with Crippen LogP contribution in [0.1, 0.15) is 25.8 Å². The maximum atomic E-state index is 14.5. The van der Waals surface area contributed by atoms with Crippen LogP contribution in [0.3, 0.4) is 0 Å². The lowest BCUT2D eigenvalue weighted by Gasteiger charge is -2.27. The second kappa shape index (κ2) is 7.03. The van der Waals surface area contributed by atoms with Crippen molar-refractivity contribution in [3.05, 3.63) is 28.0 Å². The molecule has 0 spiro atoms. The standard InChI is InChI=1S/C15H21BrFN3S/c1-3-19(4-2)10-7-8-20(9-10)12-6-5-11(15(18)21)13(16)14(12)17/h5-6,10H,3-4,7-9H2,1-2H3,(H2,18,21). The monoisotopic (exact) mass is 373 g/mol. The zero-order valence-electron chi connectivity index (χ0n) is 12.4. The van der Waals surface area contributed by atoms with Crippen molar-refractivity contribution in [2.75, 3.05) is 31.1 Å². The minimum absolute atomic E-state index is 0.203. The molecule has 0 aliphatic carbocycles. The maximum absolute atomic E-state index is 14.5. The van der Waals surface area contributed by atoms with Gasteiger partial charge in [0.05, 0.1) is 10.2 Å². The SMILES string of the molecule is CCN(CC)C1CCN(c2ccc(C(N)=S)c(Br)c2F)C1. The first-order valence-corrected chi connectivity index (χ1v) is 8.46. The number of thiocarbonyl (C=S) groups is 1. The molecule has 1 unspecified atom stereocenters. The zero-order chi connectivity index (χ0) is 15.6. The molecule has 2 N–H and O–H groups in total. The molecule has 1 heterocycles. The Kier molecular flexibility index (Phi) is 5.57. The number of nitrogens with two attached hydrogens (primary N) is 1. The minimum atomic E-state index is -0.277. The van der Waals surface area contributed by atoms with Crippen molar-refractivity contribution in [3.8, 4) is 0 Å². The van der Waals surface area contributed by atoms with E-state index in [1.807, 2.05) is 0 Å². The molecule has 1 fully saturated rings. The molecule has 0 radical (unpaired) electrons. The molecule has 116 valence electrons. The van der Waals surface area contributed by atoms with Crippen molar-refractivity contribution in [1.82, 2.24) is 4.90 Å². The van der Waals surface area contributed by atoms with Gasteiger partial charge >= 0.3 is 0 Å². The third kappa shape index (κ3) is 3.38. The van der Waals surface area contributed by atoms with Gasteiger partial charge in [0, 0.05) is 24.7 Å². The molecular formula is C15H21BrFN3S. The van der Waals surface area contributed by atoms with Crippen molar-refractivity contribution < 1.29 is 4.39 Å². The molecule has 1 aliphatic heterocycles. The first-order chi connectivity index (χ1) is 9.99. The highest BCUT2D eigenvalue weighted by Crippen LogP contribution is 2.32. The molecule has 0 bridgehead atoms. The van der Waals surface area contributed by atoms with Crippen LogP contribution < -0.4 is 10.6 Å². The third-order valence-electron chi connectivity index (χ3n) is 4.16. The molecule has 0 aromatic heterocycles.